The maximum Gasteiger partial charge on any atom is 0.180 e. The lowest BCUT2D eigenvalue weighted by molar-refractivity contribution is 0.0618. The molecule has 1 aromatic heterocycles. The predicted molar refractivity (Wildman–Crippen MR) is 83.7 cm³/mol. The van der Waals surface area contributed by atoms with Crippen LogP contribution in [0.3, 0.4) is 0 Å². The van der Waals surface area contributed by atoms with Crippen LogP contribution in [-0.4, -0.2) is 18.5 Å². The first kappa shape index (κ1) is 14.1. The molecule has 0 N–H and O–H groups in total. The third-order valence-corrected chi connectivity index (χ3v) is 4.64. The number of hydrogen-bond donors (Lipinski definition) is 0. The molecule has 0 spiro atoms. The number of ether oxygens (including phenoxy) is 2. The minimum absolute atomic E-state index is 0.159. The molecule has 3 nitrogen and oxygen atoms in total. The van der Waals surface area contributed by atoms with Gasteiger partial charge in [-0.05, 0) is 31.4 Å². The molecular weight excluding hydrogens is 284 g/mol. The summed E-state index contributed by atoms with van der Waals surface area (Å²) in [6.45, 7) is 4.04. The first-order valence-electron chi connectivity index (χ1n) is 6.95. The van der Waals surface area contributed by atoms with Gasteiger partial charge in [-0.2, -0.15) is 0 Å². The van der Waals surface area contributed by atoms with Gasteiger partial charge in [-0.1, -0.05) is 12.1 Å². The molecule has 4 heteroatoms. The summed E-state index contributed by atoms with van der Waals surface area (Å²) in [5.74, 6) is 1.51. The third kappa shape index (κ3) is 2.68. The first-order valence-corrected chi connectivity index (χ1v) is 7.83. The fraction of sp³-hybridized carbons (Fsp3) is 0.353. The molecule has 0 fully saturated rings. The van der Waals surface area contributed by atoms with E-state index in [1.807, 2.05) is 49.6 Å². The predicted octanol–water partition coefficient (Wildman–Crippen LogP) is 4.28. The number of methoxy groups -OCH3 is 1. The number of benzene rings is 1. The number of rotatable bonds is 3. The zero-order chi connectivity index (χ0) is 15.0. The molecule has 0 saturated carbocycles. The van der Waals surface area contributed by atoms with Crippen LogP contribution in [0.2, 0.25) is 0 Å². The molecule has 110 valence electrons. The minimum Gasteiger partial charge on any atom is -0.497 e. The topological polar surface area (TPSA) is 35.5 Å². The van der Waals surface area contributed by atoms with Crippen molar-refractivity contribution in [3.05, 3.63) is 46.2 Å². The zero-order valence-corrected chi connectivity index (χ0v) is 13.2. The summed E-state index contributed by atoms with van der Waals surface area (Å²) < 4.78 is 11.3. The van der Waals surface area contributed by atoms with E-state index in [4.69, 9.17) is 9.47 Å². The van der Waals surface area contributed by atoms with Crippen LogP contribution in [-0.2, 0) is 0 Å². The van der Waals surface area contributed by atoms with E-state index in [-0.39, 0.29) is 17.3 Å². The lowest BCUT2D eigenvalue weighted by Gasteiger charge is -2.37. The number of hydrogen-bond acceptors (Lipinski definition) is 4. The molecule has 1 atom stereocenters. The highest BCUT2D eigenvalue weighted by atomic mass is 32.1. The van der Waals surface area contributed by atoms with Crippen LogP contribution in [0.25, 0.3) is 0 Å². The zero-order valence-electron chi connectivity index (χ0n) is 12.4. The van der Waals surface area contributed by atoms with Crippen molar-refractivity contribution in [2.24, 2.45) is 0 Å². The smallest absolute Gasteiger partial charge is 0.180 e. The van der Waals surface area contributed by atoms with Crippen LogP contribution in [0.5, 0.6) is 11.5 Å². The van der Waals surface area contributed by atoms with E-state index in [2.05, 4.69) is 0 Å². The molecule has 21 heavy (non-hydrogen) atoms. The van der Waals surface area contributed by atoms with Crippen molar-refractivity contribution in [1.82, 2.24) is 0 Å². The Morgan fingerprint density at radius 1 is 1.38 bits per heavy atom. The summed E-state index contributed by atoms with van der Waals surface area (Å²) in [5, 5.41) is 1.94. The molecule has 0 saturated heterocycles. The maximum absolute atomic E-state index is 12.8. The molecule has 0 bridgehead atoms. The molecular formula is C17H18O3S. The molecule has 1 aliphatic rings. The van der Waals surface area contributed by atoms with Crippen LogP contribution in [0, 0.1) is 0 Å². The van der Waals surface area contributed by atoms with E-state index < -0.39 is 0 Å². The fourth-order valence-electron chi connectivity index (χ4n) is 2.78. The average molecular weight is 302 g/mol. The summed E-state index contributed by atoms with van der Waals surface area (Å²) in [5.41, 5.74) is 0.588. The lowest BCUT2D eigenvalue weighted by Crippen LogP contribution is -2.37. The largest absolute Gasteiger partial charge is 0.497 e. The van der Waals surface area contributed by atoms with Crippen LogP contribution in [0.15, 0.2) is 35.7 Å². The number of carbonyl (C=O) groups is 1. The molecule has 1 aromatic carbocycles. The highest BCUT2D eigenvalue weighted by molar-refractivity contribution is 7.12. The van der Waals surface area contributed by atoms with Crippen LogP contribution >= 0.6 is 11.3 Å². The van der Waals surface area contributed by atoms with Gasteiger partial charge in [0.15, 0.2) is 5.78 Å². The highest BCUT2D eigenvalue weighted by Gasteiger charge is 2.38. The number of Topliss-reactive ketones (excluding diaryl/α,β-unsaturated/α-hetero) is 1. The first-order chi connectivity index (χ1) is 10.00. The molecule has 1 unspecified atom stereocenters. The van der Waals surface area contributed by atoms with E-state index in [1.165, 1.54) is 11.3 Å². The van der Waals surface area contributed by atoms with E-state index >= 15 is 0 Å². The Balaban J connectivity index is 2.04. The molecule has 0 radical (unpaired) electrons. The molecule has 1 aliphatic heterocycles. The van der Waals surface area contributed by atoms with Gasteiger partial charge in [0.25, 0.3) is 0 Å². The third-order valence-electron chi connectivity index (χ3n) is 3.76. The number of carbonyl (C=O) groups excluding carboxylic acids is 1. The fourth-order valence-corrected chi connectivity index (χ4v) is 3.50. The van der Waals surface area contributed by atoms with Gasteiger partial charge in [-0.25, -0.2) is 0 Å². The van der Waals surface area contributed by atoms with Gasteiger partial charge >= 0.3 is 0 Å². The maximum atomic E-state index is 12.8. The Morgan fingerprint density at radius 2 is 2.19 bits per heavy atom. The summed E-state index contributed by atoms with van der Waals surface area (Å²) in [6, 6.07) is 9.50. The van der Waals surface area contributed by atoms with Gasteiger partial charge in [0.2, 0.25) is 0 Å². The highest BCUT2D eigenvalue weighted by Crippen LogP contribution is 2.44. The van der Waals surface area contributed by atoms with E-state index in [1.54, 1.807) is 7.11 Å². The second-order valence-electron chi connectivity index (χ2n) is 5.86. The summed E-state index contributed by atoms with van der Waals surface area (Å²) in [4.78, 5) is 13.6. The molecule has 0 aliphatic carbocycles. The van der Waals surface area contributed by atoms with Crippen molar-refractivity contribution in [3.8, 4) is 11.5 Å². The summed E-state index contributed by atoms with van der Waals surface area (Å²) >= 11 is 1.49. The van der Waals surface area contributed by atoms with Gasteiger partial charge in [-0.3, -0.25) is 4.79 Å². The van der Waals surface area contributed by atoms with Crippen LogP contribution in [0.4, 0.5) is 0 Å². The van der Waals surface area contributed by atoms with Gasteiger partial charge in [-0.15, -0.1) is 11.3 Å². The monoisotopic (exact) mass is 302 g/mol. The van der Waals surface area contributed by atoms with Crippen LogP contribution < -0.4 is 9.47 Å². The Kier molecular flexibility index (Phi) is 3.49. The second-order valence-corrected chi connectivity index (χ2v) is 6.81. The van der Waals surface area contributed by atoms with Gasteiger partial charge in [0.05, 0.1) is 17.9 Å². The Bertz CT molecular complexity index is 659. The Hall–Kier alpha value is -1.81. The molecule has 2 heterocycles. The van der Waals surface area contributed by atoms with Crippen molar-refractivity contribution in [3.63, 3.8) is 0 Å². The van der Waals surface area contributed by atoms with Gasteiger partial charge in [0.1, 0.15) is 17.1 Å². The van der Waals surface area contributed by atoms with Crippen molar-refractivity contribution in [2.75, 3.05) is 7.11 Å². The SMILES string of the molecule is COc1ccc2c(c1)OC(C)(C)CC2C(=O)c1cccs1. The Labute approximate surface area is 128 Å². The van der Waals surface area contributed by atoms with Gasteiger partial charge in [0, 0.05) is 18.1 Å². The summed E-state index contributed by atoms with van der Waals surface area (Å²) in [7, 11) is 1.63. The van der Waals surface area contributed by atoms with E-state index in [0.717, 1.165) is 21.9 Å². The Morgan fingerprint density at radius 3 is 2.86 bits per heavy atom. The average Bonchev–Trinajstić information content (AvgIpc) is 2.98. The standard InChI is InChI=1S/C17H18O3S/c1-17(2)10-13(16(18)15-5-4-8-21-15)12-7-6-11(19-3)9-14(12)20-17/h4-9,13H,10H2,1-3H3. The number of ketones is 1. The van der Waals surface area contributed by atoms with Gasteiger partial charge < -0.3 is 9.47 Å². The van der Waals surface area contributed by atoms with Crippen molar-refractivity contribution in [2.45, 2.75) is 31.8 Å². The van der Waals surface area contributed by atoms with Crippen molar-refractivity contribution >= 4 is 17.1 Å². The molecule has 2 aromatic rings. The molecule has 3 rings (SSSR count). The van der Waals surface area contributed by atoms with Crippen molar-refractivity contribution < 1.29 is 14.3 Å². The molecule has 0 amide bonds. The summed E-state index contributed by atoms with van der Waals surface area (Å²) in [6.07, 6.45) is 0.684. The number of thiophene rings is 1. The quantitative estimate of drug-likeness (QED) is 0.794. The minimum atomic E-state index is -0.364. The second kappa shape index (κ2) is 5.19. The van der Waals surface area contributed by atoms with Crippen LogP contribution in [0.1, 0.15) is 41.4 Å². The number of fused-ring (bicyclic) bond motifs is 1. The lowest BCUT2D eigenvalue weighted by atomic mass is 9.81. The van der Waals surface area contributed by atoms with Crippen molar-refractivity contribution in [1.29, 1.82) is 0 Å². The normalized spacial score (nSPS) is 19.5. The van der Waals surface area contributed by atoms with E-state index in [9.17, 15) is 4.79 Å². The van der Waals surface area contributed by atoms with E-state index in [0.29, 0.717) is 6.42 Å².